The van der Waals surface area contributed by atoms with Gasteiger partial charge in [0, 0.05) is 20.1 Å². The fourth-order valence-corrected chi connectivity index (χ4v) is 1.57. The number of hydrogen-bond acceptors (Lipinski definition) is 4. The van der Waals surface area contributed by atoms with E-state index in [0.717, 1.165) is 0 Å². The van der Waals surface area contributed by atoms with Crippen molar-refractivity contribution < 1.29 is 14.6 Å². The molecule has 0 spiro atoms. The summed E-state index contributed by atoms with van der Waals surface area (Å²) >= 11 is 0. The molecular weight excluding hydrogens is 196 g/mol. The molecule has 5 nitrogen and oxygen atoms in total. The number of aliphatic hydroxyl groups is 1. The molecule has 2 N–H and O–H groups in total. The summed E-state index contributed by atoms with van der Waals surface area (Å²) in [4.78, 5) is 13.2. The monoisotopic (exact) mass is 216 g/mol. The van der Waals surface area contributed by atoms with Gasteiger partial charge in [0.05, 0.1) is 18.2 Å². The molecule has 0 bridgehead atoms. The first-order valence-electron chi connectivity index (χ1n) is 5.28. The Morgan fingerprint density at radius 1 is 1.60 bits per heavy atom. The lowest BCUT2D eigenvalue weighted by Crippen LogP contribution is -2.45. The Morgan fingerprint density at radius 2 is 2.27 bits per heavy atom. The van der Waals surface area contributed by atoms with Crippen LogP contribution in [-0.2, 0) is 9.53 Å². The number of nitrogens with zero attached hydrogens (tertiary/aromatic N) is 1. The molecule has 1 amide bonds. The molecule has 1 aliphatic rings. The Kier molecular flexibility index (Phi) is 4.50. The predicted octanol–water partition coefficient (Wildman–Crippen LogP) is -0.797. The molecule has 1 heterocycles. The number of amides is 1. The average molecular weight is 216 g/mol. The fourth-order valence-electron chi connectivity index (χ4n) is 1.57. The number of ether oxygens (including phenoxy) is 1. The number of carbonyl (C=O) groups excluding carboxylic acids is 1. The summed E-state index contributed by atoms with van der Waals surface area (Å²) in [6, 6.07) is -0.131. The van der Waals surface area contributed by atoms with Gasteiger partial charge < -0.3 is 20.1 Å². The fraction of sp³-hybridized carbons (Fsp3) is 0.900. The third kappa shape index (κ3) is 3.44. The maximum Gasteiger partial charge on any atom is 0.248 e. The third-order valence-electron chi connectivity index (χ3n) is 2.58. The molecule has 0 aliphatic carbocycles. The van der Waals surface area contributed by atoms with E-state index in [1.54, 1.807) is 11.9 Å². The van der Waals surface area contributed by atoms with E-state index in [1.165, 1.54) is 0 Å². The van der Waals surface area contributed by atoms with Gasteiger partial charge in [-0.2, -0.15) is 0 Å². The molecule has 0 aromatic heterocycles. The van der Waals surface area contributed by atoms with Crippen LogP contribution in [0.25, 0.3) is 0 Å². The van der Waals surface area contributed by atoms with Crippen molar-refractivity contribution >= 4 is 5.91 Å². The van der Waals surface area contributed by atoms with E-state index in [2.05, 4.69) is 5.32 Å². The average Bonchev–Trinajstić information content (AvgIpc) is 2.59. The highest BCUT2D eigenvalue weighted by Gasteiger charge is 2.30. The highest BCUT2D eigenvalue weighted by molar-refractivity contribution is 5.77. The van der Waals surface area contributed by atoms with Crippen LogP contribution in [0.4, 0.5) is 0 Å². The van der Waals surface area contributed by atoms with Crippen LogP contribution in [0.5, 0.6) is 0 Å². The van der Waals surface area contributed by atoms with E-state index in [0.29, 0.717) is 13.1 Å². The second kappa shape index (κ2) is 5.44. The largest absolute Gasteiger partial charge is 0.390 e. The number of likely N-dealkylation sites (N-methyl/N-ethyl adjacent to an activating group) is 1. The summed E-state index contributed by atoms with van der Waals surface area (Å²) < 4.78 is 5.23. The van der Waals surface area contributed by atoms with Crippen LogP contribution in [-0.4, -0.2) is 60.9 Å². The first-order valence-corrected chi connectivity index (χ1v) is 5.28. The molecule has 1 saturated heterocycles. The minimum atomic E-state index is -0.474. The van der Waals surface area contributed by atoms with Crippen molar-refractivity contribution in [1.82, 2.24) is 10.2 Å². The Labute approximate surface area is 90.4 Å². The Balaban J connectivity index is 2.38. The summed E-state index contributed by atoms with van der Waals surface area (Å²) in [5.74, 6) is -0.0866. The zero-order valence-electron chi connectivity index (χ0n) is 9.56. The quantitative estimate of drug-likeness (QED) is 0.646. The predicted molar refractivity (Wildman–Crippen MR) is 56.5 cm³/mol. The lowest BCUT2D eigenvalue weighted by Gasteiger charge is -2.26. The number of aliphatic hydroxyl groups excluding tert-OH is 1. The SMILES string of the molecule is CC(C)OCC(=O)N(C)[C@H]1CNC[C@@H]1O. The topological polar surface area (TPSA) is 61.8 Å². The second-order valence-electron chi connectivity index (χ2n) is 4.16. The van der Waals surface area contributed by atoms with Gasteiger partial charge in [-0.1, -0.05) is 0 Å². The molecule has 0 unspecified atom stereocenters. The van der Waals surface area contributed by atoms with E-state index in [1.807, 2.05) is 13.8 Å². The highest BCUT2D eigenvalue weighted by atomic mass is 16.5. The van der Waals surface area contributed by atoms with E-state index in [-0.39, 0.29) is 24.7 Å². The molecule has 0 aromatic carbocycles. The van der Waals surface area contributed by atoms with Gasteiger partial charge in [0.15, 0.2) is 0 Å². The number of nitrogens with one attached hydrogen (secondary N) is 1. The van der Waals surface area contributed by atoms with Crippen LogP contribution in [0.15, 0.2) is 0 Å². The molecule has 2 atom stereocenters. The summed E-state index contributed by atoms with van der Waals surface area (Å²) in [6.45, 7) is 5.05. The van der Waals surface area contributed by atoms with E-state index in [4.69, 9.17) is 4.74 Å². The van der Waals surface area contributed by atoms with Gasteiger partial charge in [0.1, 0.15) is 6.61 Å². The van der Waals surface area contributed by atoms with Gasteiger partial charge in [-0.3, -0.25) is 4.79 Å². The lowest BCUT2D eigenvalue weighted by atomic mass is 10.2. The number of β-amino-alcohol motifs (C(OH)–C–C–N with tert-alkyl or cyclic N) is 1. The summed E-state index contributed by atoms with van der Waals surface area (Å²) in [5.41, 5.74) is 0. The Hall–Kier alpha value is -0.650. The van der Waals surface area contributed by atoms with Gasteiger partial charge >= 0.3 is 0 Å². The first kappa shape index (κ1) is 12.4. The Morgan fingerprint density at radius 3 is 2.73 bits per heavy atom. The van der Waals surface area contributed by atoms with Gasteiger partial charge in [-0.15, -0.1) is 0 Å². The van der Waals surface area contributed by atoms with Gasteiger partial charge in [-0.25, -0.2) is 0 Å². The molecule has 88 valence electrons. The van der Waals surface area contributed by atoms with Crippen LogP contribution in [0.2, 0.25) is 0 Å². The van der Waals surface area contributed by atoms with E-state index < -0.39 is 6.10 Å². The van der Waals surface area contributed by atoms with Crippen molar-refractivity contribution in [3.8, 4) is 0 Å². The van der Waals surface area contributed by atoms with Crippen molar-refractivity contribution in [2.45, 2.75) is 32.1 Å². The minimum absolute atomic E-state index is 0.0500. The number of carbonyl (C=O) groups is 1. The minimum Gasteiger partial charge on any atom is -0.390 e. The van der Waals surface area contributed by atoms with Crippen LogP contribution < -0.4 is 5.32 Å². The molecule has 5 heteroatoms. The zero-order chi connectivity index (χ0) is 11.4. The second-order valence-corrected chi connectivity index (χ2v) is 4.16. The van der Waals surface area contributed by atoms with Crippen molar-refractivity contribution in [2.24, 2.45) is 0 Å². The van der Waals surface area contributed by atoms with Crippen molar-refractivity contribution in [3.63, 3.8) is 0 Å². The zero-order valence-corrected chi connectivity index (χ0v) is 9.56. The van der Waals surface area contributed by atoms with Crippen molar-refractivity contribution in [2.75, 3.05) is 26.7 Å². The molecule has 0 saturated carbocycles. The molecule has 1 aliphatic heterocycles. The van der Waals surface area contributed by atoms with Crippen molar-refractivity contribution in [3.05, 3.63) is 0 Å². The third-order valence-corrected chi connectivity index (χ3v) is 2.58. The molecule has 1 fully saturated rings. The van der Waals surface area contributed by atoms with Gasteiger partial charge in [-0.05, 0) is 13.8 Å². The standard InChI is InChI=1S/C10H20N2O3/c1-7(2)15-6-10(14)12(3)8-4-11-5-9(8)13/h7-9,11,13H,4-6H2,1-3H3/t8-,9-/m0/s1. The van der Waals surface area contributed by atoms with Gasteiger partial charge in [0.2, 0.25) is 5.91 Å². The van der Waals surface area contributed by atoms with Crippen LogP contribution in [0.3, 0.4) is 0 Å². The summed E-state index contributed by atoms with van der Waals surface area (Å²) in [7, 11) is 1.70. The molecule has 15 heavy (non-hydrogen) atoms. The molecule has 0 aromatic rings. The summed E-state index contributed by atoms with van der Waals surface area (Å²) in [6.07, 6.45) is -0.424. The number of hydrogen-bond donors (Lipinski definition) is 2. The molecule has 1 rings (SSSR count). The van der Waals surface area contributed by atoms with Crippen LogP contribution >= 0.6 is 0 Å². The smallest absolute Gasteiger partial charge is 0.248 e. The Bertz CT molecular complexity index is 221. The van der Waals surface area contributed by atoms with E-state index >= 15 is 0 Å². The summed E-state index contributed by atoms with van der Waals surface area (Å²) in [5, 5.41) is 12.6. The normalized spacial score (nSPS) is 25.9. The maximum atomic E-state index is 11.6. The molecular formula is C10H20N2O3. The van der Waals surface area contributed by atoms with Crippen LogP contribution in [0, 0.1) is 0 Å². The number of rotatable bonds is 4. The van der Waals surface area contributed by atoms with Gasteiger partial charge in [0.25, 0.3) is 0 Å². The van der Waals surface area contributed by atoms with E-state index in [9.17, 15) is 9.90 Å². The van der Waals surface area contributed by atoms with Crippen molar-refractivity contribution in [1.29, 1.82) is 0 Å². The first-order chi connectivity index (χ1) is 7.02. The molecule has 0 radical (unpaired) electrons. The van der Waals surface area contributed by atoms with Crippen LogP contribution in [0.1, 0.15) is 13.8 Å². The lowest BCUT2D eigenvalue weighted by molar-refractivity contribution is -0.139. The maximum absolute atomic E-state index is 11.6. The highest BCUT2D eigenvalue weighted by Crippen LogP contribution is 2.07.